The molecule has 42 heavy (non-hydrogen) atoms. The van der Waals surface area contributed by atoms with E-state index in [4.69, 9.17) is 14.6 Å². The number of aliphatic carboxylic acids is 2. The number of aryl methyl sites for hydroxylation is 3. The molecule has 7 heteroatoms. The molecule has 0 amide bonds. The molecule has 2 N–H and O–H groups in total. The summed E-state index contributed by atoms with van der Waals surface area (Å²) >= 11 is 0. The zero-order chi connectivity index (χ0) is 30.1. The average Bonchev–Trinajstić information content (AvgIpc) is 3.29. The van der Waals surface area contributed by atoms with Crippen LogP contribution in [0.2, 0.25) is 0 Å². The van der Waals surface area contributed by atoms with Crippen molar-refractivity contribution >= 4 is 35.0 Å². The number of ether oxygens (including phenoxy) is 2. The van der Waals surface area contributed by atoms with Gasteiger partial charge in [0.05, 0.1) is 19.6 Å². The number of unbranched alkanes of at least 4 members (excludes halogenated alkanes) is 1. The predicted octanol–water partition coefficient (Wildman–Crippen LogP) is 7.47. The van der Waals surface area contributed by atoms with Gasteiger partial charge in [0, 0.05) is 30.1 Å². The number of hydrogen-bond donors (Lipinski definition) is 2. The third kappa shape index (κ3) is 8.26. The van der Waals surface area contributed by atoms with Crippen LogP contribution in [0.25, 0.3) is 23.1 Å². The molecule has 0 spiro atoms. The van der Waals surface area contributed by atoms with Crippen molar-refractivity contribution in [2.45, 2.75) is 59.4 Å². The average molecular weight is 570 g/mol. The quantitative estimate of drug-likeness (QED) is 0.114. The fourth-order valence-electron chi connectivity index (χ4n) is 5.02. The highest BCUT2D eigenvalue weighted by Gasteiger charge is 2.14. The van der Waals surface area contributed by atoms with E-state index >= 15 is 0 Å². The van der Waals surface area contributed by atoms with Gasteiger partial charge in [-0.05, 0) is 104 Å². The maximum Gasteiger partial charge on any atom is 0.307 e. The smallest absolute Gasteiger partial charge is 0.307 e. The number of hydrogen-bond acceptors (Lipinski definition) is 4. The highest BCUT2D eigenvalue weighted by Crippen LogP contribution is 2.28. The van der Waals surface area contributed by atoms with Crippen molar-refractivity contribution in [2.75, 3.05) is 13.2 Å². The zero-order valence-electron chi connectivity index (χ0n) is 24.6. The van der Waals surface area contributed by atoms with Crippen molar-refractivity contribution in [2.24, 2.45) is 0 Å². The molecule has 0 atom stereocenters. The van der Waals surface area contributed by atoms with E-state index in [0.717, 1.165) is 46.4 Å². The molecule has 1 aromatic heterocycles. The summed E-state index contributed by atoms with van der Waals surface area (Å²) in [5.74, 6) is -0.0197. The van der Waals surface area contributed by atoms with Crippen molar-refractivity contribution in [3.05, 3.63) is 94.2 Å². The SMILES string of the molecule is Cc1cc(OCCCCOc2ccc(C=Cc3cccc4c3c(CC(=O)O)cn4CCCC(=O)O)cc2)cc(C)c1C. The van der Waals surface area contributed by atoms with Crippen molar-refractivity contribution in [1.29, 1.82) is 0 Å². The number of nitrogens with zero attached hydrogens (tertiary/aromatic N) is 1. The van der Waals surface area contributed by atoms with Crippen molar-refractivity contribution in [3.8, 4) is 11.5 Å². The molecule has 0 aliphatic heterocycles. The lowest BCUT2D eigenvalue weighted by Gasteiger charge is -2.11. The lowest BCUT2D eigenvalue weighted by molar-refractivity contribution is -0.137. The highest BCUT2D eigenvalue weighted by molar-refractivity contribution is 5.96. The molecule has 0 fully saturated rings. The maximum atomic E-state index is 11.5. The summed E-state index contributed by atoms with van der Waals surface area (Å²) in [6, 6.07) is 17.9. The lowest BCUT2D eigenvalue weighted by Crippen LogP contribution is -2.03. The summed E-state index contributed by atoms with van der Waals surface area (Å²) in [6.45, 7) is 8.12. The number of benzene rings is 3. The van der Waals surface area contributed by atoms with Gasteiger partial charge in [-0.15, -0.1) is 0 Å². The van der Waals surface area contributed by atoms with E-state index < -0.39 is 11.9 Å². The van der Waals surface area contributed by atoms with Gasteiger partial charge in [-0.1, -0.05) is 36.4 Å². The Hall–Kier alpha value is -4.52. The summed E-state index contributed by atoms with van der Waals surface area (Å²) in [5, 5.41) is 19.3. The van der Waals surface area contributed by atoms with Crippen LogP contribution in [0.1, 0.15) is 59.1 Å². The number of carbonyl (C=O) groups is 2. The van der Waals surface area contributed by atoms with E-state index in [1.165, 1.54) is 16.7 Å². The van der Waals surface area contributed by atoms with Gasteiger partial charge in [0.2, 0.25) is 0 Å². The third-order valence-corrected chi connectivity index (χ3v) is 7.46. The van der Waals surface area contributed by atoms with Crippen LogP contribution in [0.5, 0.6) is 11.5 Å². The second-order valence-corrected chi connectivity index (χ2v) is 10.6. The molecule has 4 rings (SSSR count). The minimum Gasteiger partial charge on any atom is -0.494 e. The summed E-state index contributed by atoms with van der Waals surface area (Å²) in [7, 11) is 0. The number of aromatic nitrogens is 1. The molecule has 0 saturated carbocycles. The second kappa shape index (κ2) is 14.4. The molecule has 220 valence electrons. The highest BCUT2D eigenvalue weighted by atomic mass is 16.5. The molecule has 0 bridgehead atoms. The lowest BCUT2D eigenvalue weighted by atomic mass is 10.0. The fraction of sp³-hybridized carbons (Fsp3) is 0.314. The van der Waals surface area contributed by atoms with Gasteiger partial charge in [-0.2, -0.15) is 0 Å². The van der Waals surface area contributed by atoms with Crippen LogP contribution in [-0.4, -0.2) is 39.9 Å². The van der Waals surface area contributed by atoms with Crippen LogP contribution in [0, 0.1) is 20.8 Å². The Morgan fingerprint density at radius 2 is 1.48 bits per heavy atom. The first-order valence-corrected chi connectivity index (χ1v) is 14.4. The molecule has 4 aromatic rings. The first kappa shape index (κ1) is 30.4. The minimum absolute atomic E-state index is 0.0646. The van der Waals surface area contributed by atoms with Crippen LogP contribution in [0.4, 0.5) is 0 Å². The van der Waals surface area contributed by atoms with Gasteiger partial charge in [-0.25, -0.2) is 0 Å². The molecule has 0 aliphatic rings. The zero-order valence-corrected chi connectivity index (χ0v) is 24.6. The van der Waals surface area contributed by atoms with E-state index in [-0.39, 0.29) is 12.8 Å². The number of carboxylic acids is 2. The first-order chi connectivity index (χ1) is 20.2. The largest absolute Gasteiger partial charge is 0.494 e. The van der Waals surface area contributed by atoms with Gasteiger partial charge >= 0.3 is 11.9 Å². The van der Waals surface area contributed by atoms with Crippen molar-refractivity contribution in [1.82, 2.24) is 4.57 Å². The van der Waals surface area contributed by atoms with Gasteiger partial charge in [0.1, 0.15) is 11.5 Å². The maximum absolute atomic E-state index is 11.5. The normalized spacial score (nSPS) is 11.3. The molecule has 0 radical (unpaired) electrons. The second-order valence-electron chi connectivity index (χ2n) is 10.6. The molecule has 7 nitrogen and oxygen atoms in total. The van der Waals surface area contributed by atoms with Crippen LogP contribution < -0.4 is 9.47 Å². The van der Waals surface area contributed by atoms with Gasteiger partial charge in [0.15, 0.2) is 0 Å². The van der Waals surface area contributed by atoms with Crippen LogP contribution in [0.3, 0.4) is 0 Å². The number of carboxylic acid groups (broad SMARTS) is 2. The van der Waals surface area contributed by atoms with E-state index in [1.807, 2.05) is 65.4 Å². The topological polar surface area (TPSA) is 98.0 Å². The summed E-state index contributed by atoms with van der Waals surface area (Å²) in [4.78, 5) is 22.5. The Bertz CT molecular complexity index is 1540. The monoisotopic (exact) mass is 569 g/mol. The predicted molar refractivity (Wildman–Crippen MR) is 166 cm³/mol. The van der Waals surface area contributed by atoms with Crippen LogP contribution >= 0.6 is 0 Å². The van der Waals surface area contributed by atoms with Crippen LogP contribution in [-0.2, 0) is 22.6 Å². The Kier molecular flexibility index (Phi) is 10.4. The number of fused-ring (bicyclic) bond motifs is 1. The van der Waals surface area contributed by atoms with Crippen LogP contribution in [0.15, 0.2) is 60.8 Å². The molecular formula is C35H39NO6. The molecular weight excluding hydrogens is 530 g/mol. The molecule has 0 unspecified atom stereocenters. The van der Waals surface area contributed by atoms with Crippen molar-refractivity contribution < 1.29 is 29.3 Å². The molecule has 0 aliphatic carbocycles. The summed E-state index contributed by atoms with van der Waals surface area (Å²) < 4.78 is 13.8. The Labute approximate surface area is 247 Å². The van der Waals surface area contributed by atoms with E-state index in [1.54, 1.807) is 0 Å². The number of rotatable bonds is 15. The Balaban J connectivity index is 1.33. The van der Waals surface area contributed by atoms with Gasteiger partial charge in [0.25, 0.3) is 0 Å². The van der Waals surface area contributed by atoms with Crippen molar-refractivity contribution in [3.63, 3.8) is 0 Å². The molecule has 3 aromatic carbocycles. The summed E-state index contributed by atoms with van der Waals surface area (Å²) in [5.41, 5.74) is 7.33. The third-order valence-electron chi connectivity index (χ3n) is 7.46. The van der Waals surface area contributed by atoms with E-state index in [0.29, 0.717) is 31.7 Å². The Morgan fingerprint density at radius 3 is 2.12 bits per heavy atom. The van der Waals surface area contributed by atoms with E-state index in [9.17, 15) is 14.7 Å². The first-order valence-electron chi connectivity index (χ1n) is 14.4. The summed E-state index contributed by atoms with van der Waals surface area (Å²) in [6.07, 6.45) is 8.06. The molecule has 1 heterocycles. The Morgan fingerprint density at radius 1 is 0.810 bits per heavy atom. The standard InChI is InChI=1S/C35H39NO6/c1-24-20-31(21-25(2)26(24)3)42-19-5-4-18-41-30-15-12-27(13-16-30)11-14-28-8-6-9-32-35(28)29(22-34(39)40)23-36(32)17-7-10-33(37)38/h6,8-9,11-16,20-21,23H,4-5,7,10,17-19,22H2,1-3H3,(H,37,38)(H,39,40). The van der Waals surface area contributed by atoms with Gasteiger partial charge < -0.3 is 24.3 Å². The van der Waals surface area contributed by atoms with E-state index in [2.05, 4.69) is 32.9 Å². The van der Waals surface area contributed by atoms with Gasteiger partial charge in [-0.3, -0.25) is 9.59 Å². The minimum atomic E-state index is -0.905. The molecule has 0 saturated heterocycles. The fourth-order valence-corrected chi connectivity index (χ4v) is 5.02.